The van der Waals surface area contributed by atoms with Crippen LogP contribution in [0.2, 0.25) is 0 Å². The van der Waals surface area contributed by atoms with Crippen molar-refractivity contribution in [3.63, 3.8) is 0 Å². The average Bonchev–Trinajstić information content (AvgIpc) is 3.05. The number of fused-ring (bicyclic) bond motifs is 1. The van der Waals surface area contributed by atoms with Gasteiger partial charge in [0.2, 0.25) is 11.8 Å². The van der Waals surface area contributed by atoms with Gasteiger partial charge in [0.25, 0.3) is 5.91 Å². The van der Waals surface area contributed by atoms with Crippen LogP contribution in [0.25, 0.3) is 0 Å². The molecule has 1 aromatic carbocycles. The summed E-state index contributed by atoms with van der Waals surface area (Å²) in [5.74, 6) is 0.0289. The Kier molecular flexibility index (Phi) is 5.11. The molecule has 0 radical (unpaired) electrons. The van der Waals surface area contributed by atoms with Gasteiger partial charge in [-0.3, -0.25) is 19.7 Å². The Morgan fingerprint density at radius 3 is 2.70 bits per heavy atom. The van der Waals surface area contributed by atoms with Crippen molar-refractivity contribution in [1.29, 1.82) is 0 Å². The van der Waals surface area contributed by atoms with Crippen molar-refractivity contribution in [2.75, 3.05) is 19.6 Å². The third-order valence-corrected chi connectivity index (χ3v) is 7.49. The van der Waals surface area contributed by atoms with E-state index in [4.69, 9.17) is 0 Å². The van der Waals surface area contributed by atoms with Crippen molar-refractivity contribution in [3.8, 4) is 0 Å². The largest absolute Gasteiger partial charge is 0.322 e. The van der Waals surface area contributed by atoms with Crippen LogP contribution in [0.1, 0.15) is 60.0 Å². The van der Waals surface area contributed by atoms with Gasteiger partial charge in [-0.15, -0.1) is 0 Å². The maximum Gasteiger partial charge on any atom is 0.255 e. The first-order chi connectivity index (χ1) is 14.5. The highest BCUT2D eigenvalue weighted by Gasteiger charge is 2.44. The van der Waals surface area contributed by atoms with E-state index in [1.165, 1.54) is 25.7 Å². The molecule has 3 amide bonds. The SMILES string of the molecule is O=C1CCC(N2Cc3cccc(CNCC4CC5(CCNCC5)C4)c3C2=O)C(=O)N1. The predicted molar refractivity (Wildman–Crippen MR) is 111 cm³/mol. The molecule has 1 spiro atoms. The van der Waals surface area contributed by atoms with Crippen LogP contribution in [-0.4, -0.2) is 48.3 Å². The van der Waals surface area contributed by atoms with Crippen LogP contribution in [0.5, 0.6) is 0 Å². The highest BCUT2D eigenvalue weighted by Crippen LogP contribution is 2.51. The molecule has 1 saturated carbocycles. The molecule has 7 nitrogen and oxygen atoms in total. The molecular formula is C23H30N4O3. The fraction of sp³-hybridized carbons (Fsp3) is 0.609. The Bertz CT molecular complexity index is 869. The molecule has 2 saturated heterocycles. The van der Waals surface area contributed by atoms with E-state index in [0.717, 1.165) is 42.2 Å². The maximum absolute atomic E-state index is 13.1. The summed E-state index contributed by atoms with van der Waals surface area (Å²) in [7, 11) is 0. The summed E-state index contributed by atoms with van der Waals surface area (Å²) in [6.07, 6.45) is 5.93. The van der Waals surface area contributed by atoms with Gasteiger partial charge in [0.05, 0.1) is 0 Å². The monoisotopic (exact) mass is 410 g/mol. The van der Waals surface area contributed by atoms with E-state index in [1.807, 2.05) is 18.2 Å². The molecule has 1 aliphatic carbocycles. The summed E-state index contributed by atoms with van der Waals surface area (Å²) >= 11 is 0. The number of amides is 3. The van der Waals surface area contributed by atoms with Crippen molar-refractivity contribution in [1.82, 2.24) is 20.9 Å². The van der Waals surface area contributed by atoms with E-state index >= 15 is 0 Å². The second-order valence-corrected chi connectivity index (χ2v) is 9.51. The first-order valence-electron chi connectivity index (χ1n) is 11.2. The Morgan fingerprint density at radius 2 is 1.93 bits per heavy atom. The first kappa shape index (κ1) is 19.7. The van der Waals surface area contributed by atoms with Crippen molar-refractivity contribution in [2.45, 2.75) is 57.7 Å². The summed E-state index contributed by atoms with van der Waals surface area (Å²) in [5, 5.41) is 9.39. The van der Waals surface area contributed by atoms with Gasteiger partial charge in [0.1, 0.15) is 6.04 Å². The second kappa shape index (κ2) is 7.78. The minimum absolute atomic E-state index is 0.0887. The molecule has 3 aliphatic heterocycles. The van der Waals surface area contributed by atoms with Gasteiger partial charge in [-0.2, -0.15) is 0 Å². The van der Waals surface area contributed by atoms with Crippen LogP contribution in [0.4, 0.5) is 0 Å². The summed E-state index contributed by atoms with van der Waals surface area (Å²) in [5.41, 5.74) is 3.30. The molecule has 3 N–H and O–H groups in total. The number of carbonyl (C=O) groups is 3. The topological polar surface area (TPSA) is 90.5 Å². The molecular weight excluding hydrogens is 380 g/mol. The molecule has 30 heavy (non-hydrogen) atoms. The van der Waals surface area contributed by atoms with Gasteiger partial charge in [-0.05, 0) is 74.2 Å². The van der Waals surface area contributed by atoms with E-state index in [9.17, 15) is 14.4 Å². The molecule has 1 aromatic rings. The number of piperidine rings is 2. The normalized spacial score (nSPS) is 25.9. The van der Waals surface area contributed by atoms with Gasteiger partial charge < -0.3 is 15.5 Å². The van der Waals surface area contributed by atoms with Crippen LogP contribution in [0.3, 0.4) is 0 Å². The zero-order chi connectivity index (χ0) is 20.7. The van der Waals surface area contributed by atoms with E-state index in [1.54, 1.807) is 4.90 Å². The lowest BCUT2D eigenvalue weighted by Crippen LogP contribution is -2.52. The van der Waals surface area contributed by atoms with Crippen LogP contribution in [0.15, 0.2) is 18.2 Å². The zero-order valence-electron chi connectivity index (χ0n) is 17.3. The van der Waals surface area contributed by atoms with Crippen molar-refractivity contribution >= 4 is 17.7 Å². The lowest BCUT2D eigenvalue weighted by Gasteiger charge is -2.50. The molecule has 5 rings (SSSR count). The highest BCUT2D eigenvalue weighted by atomic mass is 16.2. The Morgan fingerprint density at radius 1 is 1.13 bits per heavy atom. The first-order valence-corrected chi connectivity index (χ1v) is 11.2. The lowest BCUT2D eigenvalue weighted by molar-refractivity contribution is -0.136. The van der Waals surface area contributed by atoms with Gasteiger partial charge in [0, 0.05) is 25.1 Å². The molecule has 1 unspecified atom stereocenters. The lowest BCUT2D eigenvalue weighted by atomic mass is 9.58. The average molecular weight is 411 g/mol. The fourth-order valence-corrected chi connectivity index (χ4v) is 5.92. The summed E-state index contributed by atoms with van der Waals surface area (Å²) in [4.78, 5) is 38.5. The fourth-order valence-electron chi connectivity index (χ4n) is 5.92. The predicted octanol–water partition coefficient (Wildman–Crippen LogP) is 1.32. The Labute approximate surface area is 177 Å². The highest BCUT2D eigenvalue weighted by molar-refractivity contribution is 6.05. The van der Waals surface area contributed by atoms with Crippen LogP contribution in [-0.2, 0) is 22.7 Å². The zero-order valence-corrected chi connectivity index (χ0v) is 17.3. The number of hydrogen-bond acceptors (Lipinski definition) is 5. The Hall–Kier alpha value is -2.25. The molecule has 160 valence electrons. The van der Waals surface area contributed by atoms with E-state index in [0.29, 0.717) is 24.9 Å². The number of rotatable bonds is 5. The number of imide groups is 1. The number of nitrogens with zero attached hydrogens (tertiary/aromatic N) is 1. The number of hydrogen-bond donors (Lipinski definition) is 3. The number of carbonyl (C=O) groups excluding carboxylic acids is 3. The molecule has 1 atom stereocenters. The van der Waals surface area contributed by atoms with E-state index in [2.05, 4.69) is 16.0 Å². The van der Waals surface area contributed by atoms with E-state index < -0.39 is 6.04 Å². The van der Waals surface area contributed by atoms with E-state index in [-0.39, 0.29) is 24.1 Å². The van der Waals surface area contributed by atoms with Crippen LogP contribution >= 0.6 is 0 Å². The van der Waals surface area contributed by atoms with Gasteiger partial charge in [-0.1, -0.05) is 18.2 Å². The van der Waals surface area contributed by atoms with Crippen LogP contribution in [0, 0.1) is 11.3 Å². The second-order valence-electron chi connectivity index (χ2n) is 9.51. The van der Waals surface area contributed by atoms with Crippen molar-refractivity contribution in [2.24, 2.45) is 11.3 Å². The standard InChI is InChI=1S/C23H30N4O3/c28-19-5-4-18(21(29)26-19)27-14-17-3-1-2-16(20(17)22(27)30)13-25-12-15-10-23(11-15)6-8-24-9-7-23/h1-3,15,18,24-25H,4-14H2,(H,26,28,29). The smallest absolute Gasteiger partial charge is 0.255 e. The summed E-state index contributed by atoms with van der Waals surface area (Å²) in [6, 6.07) is 5.41. The number of nitrogens with one attached hydrogen (secondary N) is 3. The molecule has 3 heterocycles. The Balaban J connectivity index is 1.19. The molecule has 7 heteroatoms. The minimum Gasteiger partial charge on any atom is -0.322 e. The number of benzene rings is 1. The summed E-state index contributed by atoms with van der Waals surface area (Å²) in [6.45, 7) is 4.41. The molecule has 0 bridgehead atoms. The van der Waals surface area contributed by atoms with Crippen LogP contribution < -0.4 is 16.0 Å². The van der Waals surface area contributed by atoms with Gasteiger partial charge >= 0.3 is 0 Å². The van der Waals surface area contributed by atoms with Gasteiger partial charge in [-0.25, -0.2) is 0 Å². The molecule has 3 fully saturated rings. The summed E-state index contributed by atoms with van der Waals surface area (Å²) < 4.78 is 0. The maximum atomic E-state index is 13.1. The minimum atomic E-state index is -0.556. The van der Waals surface area contributed by atoms with Crippen molar-refractivity contribution in [3.05, 3.63) is 34.9 Å². The third-order valence-electron chi connectivity index (χ3n) is 7.49. The van der Waals surface area contributed by atoms with Gasteiger partial charge in [0.15, 0.2) is 0 Å². The quantitative estimate of drug-likeness (QED) is 0.637. The molecule has 0 aromatic heterocycles. The molecule has 4 aliphatic rings. The third kappa shape index (κ3) is 3.54. The van der Waals surface area contributed by atoms with Crippen molar-refractivity contribution < 1.29 is 14.4 Å².